The molecule has 5 nitrogen and oxygen atoms in total. The van der Waals surface area contributed by atoms with E-state index in [-0.39, 0.29) is 0 Å². The monoisotopic (exact) mass is 441 g/mol. The van der Waals surface area contributed by atoms with Crippen LogP contribution in [0, 0.1) is 0 Å². The highest BCUT2D eigenvalue weighted by molar-refractivity contribution is 6.02. The number of nitrogens with one attached hydrogen (secondary N) is 1. The van der Waals surface area contributed by atoms with Gasteiger partial charge in [0.15, 0.2) is 17.3 Å². The van der Waals surface area contributed by atoms with Crippen molar-refractivity contribution in [3.63, 3.8) is 0 Å². The van der Waals surface area contributed by atoms with Crippen molar-refractivity contribution < 1.29 is 9.47 Å². The molecule has 0 saturated carbocycles. The van der Waals surface area contributed by atoms with Crippen molar-refractivity contribution in [2.45, 2.75) is 39.5 Å². The summed E-state index contributed by atoms with van der Waals surface area (Å²) in [5.74, 6) is 2.19. The van der Waals surface area contributed by atoms with Crippen LogP contribution in [0.25, 0.3) is 22.0 Å². The fourth-order valence-corrected chi connectivity index (χ4v) is 3.60. The maximum atomic E-state index is 6.17. The average Bonchev–Trinajstić information content (AvgIpc) is 2.86. The molecule has 0 atom stereocenters. The topological polar surface area (TPSA) is 56.3 Å². The third-order valence-electron chi connectivity index (χ3n) is 5.44. The molecule has 3 aromatic carbocycles. The molecule has 0 aliphatic heterocycles. The van der Waals surface area contributed by atoms with Crippen LogP contribution in [0.15, 0.2) is 72.8 Å². The lowest BCUT2D eigenvalue weighted by Crippen LogP contribution is -2.04. The Bertz CT molecular complexity index is 1160. The first-order valence-corrected chi connectivity index (χ1v) is 11.8. The Labute approximate surface area is 195 Å². The van der Waals surface area contributed by atoms with Gasteiger partial charge in [-0.25, -0.2) is 0 Å². The summed E-state index contributed by atoms with van der Waals surface area (Å²) in [5, 5.41) is 14.5. The van der Waals surface area contributed by atoms with Crippen molar-refractivity contribution in [1.82, 2.24) is 10.2 Å². The van der Waals surface area contributed by atoms with Gasteiger partial charge in [-0.1, -0.05) is 75.2 Å². The van der Waals surface area contributed by atoms with E-state index in [0.717, 1.165) is 64.9 Å². The van der Waals surface area contributed by atoms with E-state index in [9.17, 15) is 0 Å². The van der Waals surface area contributed by atoms with Gasteiger partial charge in [0.1, 0.15) is 5.69 Å². The highest BCUT2D eigenvalue weighted by atomic mass is 16.5. The maximum Gasteiger partial charge on any atom is 0.161 e. The molecule has 1 heterocycles. The minimum atomic E-state index is 0.650. The number of anilines is 2. The second-order valence-corrected chi connectivity index (χ2v) is 8.00. The average molecular weight is 442 g/mol. The van der Waals surface area contributed by atoms with Crippen molar-refractivity contribution in [2.75, 3.05) is 18.5 Å². The highest BCUT2D eigenvalue weighted by Crippen LogP contribution is 2.39. The summed E-state index contributed by atoms with van der Waals surface area (Å²) in [6, 6.07) is 24.2. The molecule has 0 bridgehead atoms. The van der Waals surface area contributed by atoms with Crippen LogP contribution in [0.3, 0.4) is 0 Å². The van der Waals surface area contributed by atoms with E-state index < -0.39 is 0 Å². The summed E-state index contributed by atoms with van der Waals surface area (Å²) in [5.41, 5.74) is 2.79. The van der Waals surface area contributed by atoms with Crippen LogP contribution < -0.4 is 14.8 Å². The van der Waals surface area contributed by atoms with E-state index in [1.54, 1.807) is 0 Å². The van der Waals surface area contributed by atoms with Crippen LogP contribution in [0.4, 0.5) is 11.5 Å². The zero-order chi connectivity index (χ0) is 22.9. The van der Waals surface area contributed by atoms with Crippen molar-refractivity contribution in [2.24, 2.45) is 0 Å². The first kappa shape index (κ1) is 22.6. The first-order chi connectivity index (χ1) is 16.3. The van der Waals surface area contributed by atoms with Crippen LogP contribution in [0.1, 0.15) is 39.5 Å². The Morgan fingerprint density at radius 2 is 1.27 bits per heavy atom. The standard InChI is InChI=1S/C28H31N3O2/c1-3-5-17-32-25-19-23-24(20-26(25)33-18-6-4-2)28(29-22-15-11-8-12-16-22)31-30-27(23)21-13-9-7-10-14-21/h7-16,19-20H,3-6,17-18H2,1-2H3,(H,29,31). The van der Waals surface area contributed by atoms with Crippen LogP contribution in [-0.2, 0) is 0 Å². The van der Waals surface area contributed by atoms with E-state index in [0.29, 0.717) is 19.0 Å². The van der Waals surface area contributed by atoms with Crippen LogP contribution >= 0.6 is 0 Å². The van der Waals surface area contributed by atoms with E-state index >= 15 is 0 Å². The molecule has 1 N–H and O–H groups in total. The Morgan fingerprint density at radius 1 is 0.697 bits per heavy atom. The van der Waals surface area contributed by atoms with Gasteiger partial charge in [-0.05, 0) is 37.1 Å². The number of aromatic nitrogens is 2. The SMILES string of the molecule is CCCCOc1cc2c(Nc3ccccc3)nnc(-c3ccccc3)c2cc1OCCCC. The van der Waals surface area contributed by atoms with Crippen LogP contribution in [-0.4, -0.2) is 23.4 Å². The highest BCUT2D eigenvalue weighted by Gasteiger charge is 2.17. The van der Waals surface area contributed by atoms with Gasteiger partial charge in [-0.3, -0.25) is 0 Å². The molecule has 0 radical (unpaired) electrons. The van der Waals surface area contributed by atoms with Crippen molar-refractivity contribution in [3.05, 3.63) is 72.8 Å². The Balaban J connectivity index is 1.85. The van der Waals surface area contributed by atoms with Gasteiger partial charge in [-0.2, -0.15) is 0 Å². The Morgan fingerprint density at radius 3 is 1.88 bits per heavy atom. The number of nitrogens with zero attached hydrogens (tertiary/aromatic N) is 2. The van der Waals surface area contributed by atoms with E-state index in [4.69, 9.17) is 9.47 Å². The number of para-hydroxylation sites is 1. The first-order valence-electron chi connectivity index (χ1n) is 11.8. The second kappa shape index (κ2) is 11.3. The lowest BCUT2D eigenvalue weighted by atomic mass is 10.0. The van der Waals surface area contributed by atoms with Gasteiger partial charge in [0.2, 0.25) is 0 Å². The molecule has 4 aromatic rings. The molecule has 0 saturated heterocycles. The fourth-order valence-electron chi connectivity index (χ4n) is 3.60. The molecule has 170 valence electrons. The van der Waals surface area contributed by atoms with Gasteiger partial charge in [0.25, 0.3) is 0 Å². The van der Waals surface area contributed by atoms with Gasteiger partial charge >= 0.3 is 0 Å². The van der Waals surface area contributed by atoms with Crippen LogP contribution in [0.5, 0.6) is 11.5 Å². The normalized spacial score (nSPS) is 10.8. The second-order valence-electron chi connectivity index (χ2n) is 8.00. The van der Waals surface area contributed by atoms with Crippen LogP contribution in [0.2, 0.25) is 0 Å². The van der Waals surface area contributed by atoms with Crippen molar-refractivity contribution in [1.29, 1.82) is 0 Å². The molecule has 5 heteroatoms. The summed E-state index contributed by atoms with van der Waals surface area (Å²) in [7, 11) is 0. The molecule has 0 unspecified atom stereocenters. The number of fused-ring (bicyclic) bond motifs is 1. The van der Waals surface area contributed by atoms with E-state index in [1.165, 1.54) is 0 Å². The molecular formula is C28H31N3O2. The molecule has 0 aliphatic carbocycles. The van der Waals surface area contributed by atoms with E-state index in [1.807, 2.05) is 54.6 Å². The van der Waals surface area contributed by atoms with Gasteiger partial charge in [-0.15, -0.1) is 10.2 Å². The number of hydrogen-bond donors (Lipinski definition) is 1. The molecule has 0 aliphatic rings. The summed E-state index contributed by atoms with van der Waals surface area (Å²) >= 11 is 0. The molecule has 33 heavy (non-hydrogen) atoms. The molecular weight excluding hydrogens is 410 g/mol. The lowest BCUT2D eigenvalue weighted by molar-refractivity contribution is 0.262. The van der Waals surface area contributed by atoms with Gasteiger partial charge in [0.05, 0.1) is 13.2 Å². The van der Waals surface area contributed by atoms with Gasteiger partial charge in [0, 0.05) is 22.0 Å². The fraction of sp³-hybridized carbons (Fsp3) is 0.286. The molecule has 4 rings (SSSR count). The third-order valence-corrected chi connectivity index (χ3v) is 5.44. The summed E-state index contributed by atoms with van der Waals surface area (Å²) < 4.78 is 12.3. The Hall–Kier alpha value is -3.60. The summed E-state index contributed by atoms with van der Waals surface area (Å²) in [4.78, 5) is 0. The number of ether oxygens (including phenoxy) is 2. The van der Waals surface area contributed by atoms with E-state index in [2.05, 4.69) is 47.6 Å². The largest absolute Gasteiger partial charge is 0.490 e. The zero-order valence-corrected chi connectivity index (χ0v) is 19.4. The number of hydrogen-bond acceptors (Lipinski definition) is 5. The lowest BCUT2D eigenvalue weighted by Gasteiger charge is -2.17. The minimum absolute atomic E-state index is 0.650. The zero-order valence-electron chi connectivity index (χ0n) is 19.4. The van der Waals surface area contributed by atoms with Gasteiger partial charge < -0.3 is 14.8 Å². The molecule has 1 aromatic heterocycles. The predicted octanol–water partition coefficient (Wildman–Crippen LogP) is 7.40. The third kappa shape index (κ3) is 5.61. The van der Waals surface area contributed by atoms with Crippen molar-refractivity contribution in [3.8, 4) is 22.8 Å². The number of rotatable bonds is 11. The predicted molar refractivity (Wildman–Crippen MR) is 136 cm³/mol. The quantitative estimate of drug-likeness (QED) is 0.246. The minimum Gasteiger partial charge on any atom is -0.490 e. The molecule has 0 fully saturated rings. The smallest absolute Gasteiger partial charge is 0.161 e. The van der Waals surface area contributed by atoms with Crippen molar-refractivity contribution >= 4 is 22.3 Å². The summed E-state index contributed by atoms with van der Waals surface area (Å²) in [6.07, 6.45) is 4.13. The number of unbranched alkanes of at least 4 members (excludes halogenated alkanes) is 2. The molecule has 0 amide bonds. The Kier molecular flexibility index (Phi) is 7.75. The maximum absolute atomic E-state index is 6.17. The summed E-state index contributed by atoms with van der Waals surface area (Å²) in [6.45, 7) is 5.62. The molecule has 0 spiro atoms. The number of benzene rings is 3.